The molecule has 1 aliphatic rings. The molecule has 22 heavy (non-hydrogen) atoms. The van der Waals surface area contributed by atoms with E-state index in [2.05, 4.69) is 26.9 Å². The van der Waals surface area contributed by atoms with Crippen molar-refractivity contribution >= 4 is 10.9 Å². The van der Waals surface area contributed by atoms with Crippen molar-refractivity contribution in [2.75, 3.05) is 27.7 Å². The summed E-state index contributed by atoms with van der Waals surface area (Å²) in [5, 5.41) is 3.05. The zero-order chi connectivity index (χ0) is 15.9. The molecular weight excluding hydrogens is 276 g/mol. The quantitative estimate of drug-likeness (QED) is 0.870. The van der Waals surface area contributed by atoms with Crippen molar-refractivity contribution < 1.29 is 4.84 Å². The van der Waals surface area contributed by atoms with Crippen molar-refractivity contribution in [1.82, 2.24) is 19.8 Å². The normalized spacial score (nSPS) is 17.0. The summed E-state index contributed by atoms with van der Waals surface area (Å²) in [5.74, 6) is 0. The number of fused-ring (bicyclic) bond motifs is 1. The first-order valence-electron chi connectivity index (χ1n) is 7.41. The molecule has 0 fully saturated rings. The Balaban J connectivity index is 0.000000162. The zero-order valence-electron chi connectivity index (χ0n) is 13.7. The molecule has 1 unspecified atom stereocenters. The lowest BCUT2D eigenvalue weighted by Gasteiger charge is -2.33. The van der Waals surface area contributed by atoms with Crippen LogP contribution >= 0.6 is 0 Å². The highest BCUT2D eigenvalue weighted by molar-refractivity contribution is 5.77. The van der Waals surface area contributed by atoms with Gasteiger partial charge in [0.25, 0.3) is 0 Å². The molecule has 118 valence electrons. The van der Waals surface area contributed by atoms with Crippen LogP contribution in [0.25, 0.3) is 10.9 Å². The number of benzene rings is 1. The first-order chi connectivity index (χ1) is 10.6. The fourth-order valence-corrected chi connectivity index (χ4v) is 2.37. The van der Waals surface area contributed by atoms with Crippen molar-refractivity contribution in [3.63, 3.8) is 0 Å². The number of para-hydroxylation sites is 1. The van der Waals surface area contributed by atoms with Gasteiger partial charge in [0, 0.05) is 31.0 Å². The Bertz CT molecular complexity index is 549. The molecule has 0 bridgehead atoms. The van der Waals surface area contributed by atoms with Crippen LogP contribution in [0.3, 0.4) is 0 Å². The van der Waals surface area contributed by atoms with Gasteiger partial charge in [-0.15, -0.1) is 0 Å². The Labute approximate surface area is 132 Å². The molecule has 1 atom stereocenters. The van der Waals surface area contributed by atoms with E-state index in [-0.39, 0.29) is 6.29 Å². The Hall–Kier alpha value is -2.11. The lowest BCUT2D eigenvalue weighted by Crippen LogP contribution is -2.47. The van der Waals surface area contributed by atoms with Crippen molar-refractivity contribution in [2.45, 2.75) is 13.2 Å². The summed E-state index contributed by atoms with van der Waals surface area (Å²) in [4.78, 5) is 13.8. The fraction of sp³-hybridized carbons (Fsp3) is 0.353. The van der Waals surface area contributed by atoms with Gasteiger partial charge < -0.3 is 4.90 Å². The molecular formula is C17H24N4O. The third-order valence-corrected chi connectivity index (χ3v) is 3.29. The van der Waals surface area contributed by atoms with Crippen LogP contribution in [0.4, 0.5) is 0 Å². The molecule has 0 aliphatic carbocycles. The molecule has 2 aromatic rings. The van der Waals surface area contributed by atoms with E-state index in [1.54, 1.807) is 0 Å². The van der Waals surface area contributed by atoms with Gasteiger partial charge >= 0.3 is 0 Å². The van der Waals surface area contributed by atoms with Gasteiger partial charge in [0.1, 0.15) is 0 Å². The second-order valence-corrected chi connectivity index (χ2v) is 5.25. The first-order valence-corrected chi connectivity index (χ1v) is 7.41. The van der Waals surface area contributed by atoms with E-state index in [1.807, 2.05) is 76.0 Å². The Morgan fingerprint density at radius 2 is 1.86 bits per heavy atom. The van der Waals surface area contributed by atoms with E-state index in [1.165, 1.54) is 5.39 Å². The summed E-state index contributed by atoms with van der Waals surface area (Å²) in [6, 6.07) is 12.1. The standard InChI is InChI=1S/C9H7N.C8H17N3O/c1-2-6-9-8(4-1)5-3-7-10-9;1-5-12-11-7-6-10(4)8(11)9(2)3/h1-7H;6-8H,5H2,1-4H3. The minimum absolute atomic E-state index is 0.185. The van der Waals surface area contributed by atoms with Gasteiger partial charge in [0.05, 0.1) is 12.1 Å². The number of hydrogen-bond acceptors (Lipinski definition) is 5. The maximum atomic E-state index is 5.41. The van der Waals surface area contributed by atoms with Crippen LogP contribution in [-0.2, 0) is 4.84 Å². The average molecular weight is 300 g/mol. The van der Waals surface area contributed by atoms with Gasteiger partial charge in [-0.25, -0.2) is 5.06 Å². The minimum Gasteiger partial charge on any atom is -0.345 e. The molecule has 2 heterocycles. The number of hydrogen-bond donors (Lipinski definition) is 0. The van der Waals surface area contributed by atoms with Crippen LogP contribution in [0.1, 0.15) is 6.92 Å². The second kappa shape index (κ2) is 7.77. The summed E-state index contributed by atoms with van der Waals surface area (Å²) in [7, 11) is 6.08. The van der Waals surface area contributed by atoms with Crippen LogP contribution in [-0.4, -0.2) is 53.9 Å². The Morgan fingerprint density at radius 1 is 1.14 bits per heavy atom. The molecule has 0 saturated heterocycles. The topological polar surface area (TPSA) is 31.8 Å². The highest BCUT2D eigenvalue weighted by Crippen LogP contribution is 2.15. The summed E-state index contributed by atoms with van der Waals surface area (Å²) >= 11 is 0. The summed E-state index contributed by atoms with van der Waals surface area (Å²) in [5.41, 5.74) is 1.06. The van der Waals surface area contributed by atoms with E-state index in [4.69, 9.17) is 4.84 Å². The van der Waals surface area contributed by atoms with Crippen molar-refractivity contribution in [1.29, 1.82) is 0 Å². The van der Waals surface area contributed by atoms with E-state index in [0.717, 1.165) is 5.52 Å². The minimum atomic E-state index is 0.185. The van der Waals surface area contributed by atoms with Crippen molar-refractivity contribution in [3.8, 4) is 0 Å². The third-order valence-electron chi connectivity index (χ3n) is 3.29. The van der Waals surface area contributed by atoms with Gasteiger partial charge in [0.15, 0.2) is 6.29 Å². The number of nitrogens with zero attached hydrogens (tertiary/aromatic N) is 4. The molecule has 0 spiro atoms. The molecule has 1 aromatic carbocycles. The molecule has 5 heteroatoms. The average Bonchev–Trinajstić information content (AvgIpc) is 2.89. The molecule has 0 N–H and O–H groups in total. The largest absolute Gasteiger partial charge is 0.345 e. The van der Waals surface area contributed by atoms with E-state index in [0.29, 0.717) is 6.61 Å². The number of hydroxylamine groups is 2. The summed E-state index contributed by atoms with van der Waals surface area (Å²) in [6.07, 6.45) is 5.93. The predicted octanol–water partition coefficient (Wildman–Crippen LogP) is 2.74. The monoisotopic (exact) mass is 300 g/mol. The van der Waals surface area contributed by atoms with Crippen LogP contribution in [0.5, 0.6) is 0 Å². The predicted molar refractivity (Wildman–Crippen MR) is 89.6 cm³/mol. The van der Waals surface area contributed by atoms with Crippen LogP contribution in [0, 0.1) is 0 Å². The summed E-state index contributed by atoms with van der Waals surface area (Å²) in [6.45, 7) is 2.68. The first kappa shape index (κ1) is 16.3. The van der Waals surface area contributed by atoms with Gasteiger partial charge in [-0.1, -0.05) is 24.3 Å². The van der Waals surface area contributed by atoms with Gasteiger partial charge in [-0.3, -0.25) is 14.7 Å². The Morgan fingerprint density at radius 3 is 2.55 bits per heavy atom. The molecule has 0 radical (unpaired) electrons. The third kappa shape index (κ3) is 3.96. The van der Waals surface area contributed by atoms with Crippen molar-refractivity contribution in [3.05, 3.63) is 55.0 Å². The van der Waals surface area contributed by atoms with E-state index < -0.39 is 0 Å². The lowest BCUT2D eigenvalue weighted by atomic mass is 10.2. The van der Waals surface area contributed by atoms with Gasteiger partial charge in [-0.2, -0.15) is 0 Å². The second-order valence-electron chi connectivity index (χ2n) is 5.25. The van der Waals surface area contributed by atoms with Gasteiger partial charge in [-0.05, 0) is 33.2 Å². The maximum absolute atomic E-state index is 5.41. The van der Waals surface area contributed by atoms with Crippen LogP contribution < -0.4 is 0 Å². The molecule has 0 saturated carbocycles. The molecule has 3 rings (SSSR count). The highest BCUT2D eigenvalue weighted by atomic mass is 16.7. The molecule has 0 amide bonds. The maximum Gasteiger partial charge on any atom is 0.183 e. The highest BCUT2D eigenvalue weighted by Gasteiger charge is 2.25. The van der Waals surface area contributed by atoms with Crippen LogP contribution in [0.2, 0.25) is 0 Å². The summed E-state index contributed by atoms with van der Waals surface area (Å²) < 4.78 is 0. The zero-order valence-corrected chi connectivity index (χ0v) is 13.7. The molecule has 5 nitrogen and oxygen atoms in total. The van der Waals surface area contributed by atoms with Crippen LogP contribution in [0.15, 0.2) is 55.0 Å². The lowest BCUT2D eigenvalue weighted by molar-refractivity contribution is -0.192. The molecule has 1 aliphatic heterocycles. The number of rotatable bonds is 3. The Kier molecular flexibility index (Phi) is 5.75. The van der Waals surface area contributed by atoms with Crippen molar-refractivity contribution in [2.24, 2.45) is 0 Å². The van der Waals surface area contributed by atoms with E-state index >= 15 is 0 Å². The fourth-order valence-electron chi connectivity index (χ4n) is 2.37. The number of aromatic nitrogens is 1. The van der Waals surface area contributed by atoms with E-state index in [9.17, 15) is 0 Å². The van der Waals surface area contributed by atoms with Gasteiger partial charge in [0.2, 0.25) is 0 Å². The smallest absolute Gasteiger partial charge is 0.183 e. The molecule has 1 aromatic heterocycles. The SMILES string of the molecule is CCON1C=CN(C)C1N(C)C.c1ccc2ncccc2c1. The number of pyridine rings is 1.